The largest absolute Gasteiger partial charge is 0.388 e. The Balaban J connectivity index is 1.80. The van der Waals surface area contributed by atoms with Crippen molar-refractivity contribution in [1.82, 2.24) is 4.98 Å². The molecule has 4 atom stereocenters. The van der Waals surface area contributed by atoms with Gasteiger partial charge in [-0.05, 0) is 43.1 Å². The quantitative estimate of drug-likeness (QED) is 0.833. The van der Waals surface area contributed by atoms with Gasteiger partial charge in [-0.15, -0.1) is 0 Å². The lowest BCUT2D eigenvalue weighted by molar-refractivity contribution is 0.0739. The summed E-state index contributed by atoms with van der Waals surface area (Å²) >= 11 is 0. The Morgan fingerprint density at radius 3 is 2.81 bits per heavy atom. The first-order valence-corrected chi connectivity index (χ1v) is 6.02. The van der Waals surface area contributed by atoms with Crippen molar-refractivity contribution >= 4 is 0 Å². The molecule has 0 amide bonds. The van der Waals surface area contributed by atoms with Crippen molar-refractivity contribution in [2.75, 3.05) is 0 Å². The van der Waals surface area contributed by atoms with Gasteiger partial charge in [0, 0.05) is 11.8 Å². The number of halogens is 1. The molecule has 2 aliphatic carbocycles. The van der Waals surface area contributed by atoms with Crippen LogP contribution in [0.2, 0.25) is 0 Å². The molecule has 2 bridgehead atoms. The van der Waals surface area contributed by atoms with E-state index in [2.05, 4.69) is 4.98 Å². The van der Waals surface area contributed by atoms with Crippen molar-refractivity contribution in [3.05, 3.63) is 29.8 Å². The highest BCUT2D eigenvalue weighted by Gasteiger charge is 2.43. The fourth-order valence-corrected chi connectivity index (χ4v) is 3.52. The highest BCUT2D eigenvalue weighted by Crippen LogP contribution is 2.52. The van der Waals surface area contributed by atoms with Gasteiger partial charge in [-0.1, -0.05) is 6.42 Å². The second-order valence-corrected chi connectivity index (χ2v) is 5.22. The van der Waals surface area contributed by atoms with Crippen molar-refractivity contribution in [2.45, 2.75) is 31.8 Å². The number of fused-ring (bicyclic) bond motifs is 2. The molecule has 1 aromatic rings. The highest BCUT2D eigenvalue weighted by atomic mass is 19.1. The van der Waals surface area contributed by atoms with Gasteiger partial charge >= 0.3 is 0 Å². The molecule has 16 heavy (non-hydrogen) atoms. The molecule has 2 fully saturated rings. The van der Waals surface area contributed by atoms with Crippen LogP contribution >= 0.6 is 0 Å². The molecule has 2 saturated carbocycles. The first-order chi connectivity index (χ1) is 7.74. The Labute approximate surface area is 94.5 Å². The van der Waals surface area contributed by atoms with Crippen molar-refractivity contribution in [3.63, 3.8) is 0 Å². The minimum Gasteiger partial charge on any atom is -0.388 e. The zero-order valence-electron chi connectivity index (χ0n) is 9.14. The molecule has 3 rings (SSSR count). The highest BCUT2D eigenvalue weighted by molar-refractivity contribution is 5.15. The van der Waals surface area contributed by atoms with Gasteiger partial charge in [0.2, 0.25) is 0 Å². The summed E-state index contributed by atoms with van der Waals surface area (Å²) in [5, 5.41) is 10.3. The SMILES string of the molecule is OC(c1cncc(F)c1)C1CC2CCC1C2. The second kappa shape index (κ2) is 3.81. The van der Waals surface area contributed by atoms with E-state index in [4.69, 9.17) is 0 Å². The third-order valence-corrected chi connectivity index (χ3v) is 4.27. The lowest BCUT2D eigenvalue weighted by Gasteiger charge is -2.26. The van der Waals surface area contributed by atoms with E-state index in [0.29, 0.717) is 17.4 Å². The van der Waals surface area contributed by atoms with E-state index in [9.17, 15) is 9.50 Å². The minimum atomic E-state index is -0.529. The van der Waals surface area contributed by atoms with E-state index < -0.39 is 6.10 Å². The van der Waals surface area contributed by atoms with Crippen molar-refractivity contribution < 1.29 is 9.50 Å². The summed E-state index contributed by atoms with van der Waals surface area (Å²) < 4.78 is 13.0. The minimum absolute atomic E-state index is 0.322. The number of hydrogen-bond acceptors (Lipinski definition) is 2. The number of pyridine rings is 1. The third-order valence-electron chi connectivity index (χ3n) is 4.27. The molecular formula is C13H16FNO. The van der Waals surface area contributed by atoms with Crippen molar-refractivity contribution in [3.8, 4) is 0 Å². The average molecular weight is 221 g/mol. The van der Waals surface area contributed by atoms with Gasteiger partial charge < -0.3 is 5.11 Å². The fraction of sp³-hybridized carbons (Fsp3) is 0.615. The standard InChI is InChI=1S/C13H16FNO/c14-11-5-10(6-15-7-11)13(16)12-4-8-1-2-9(12)3-8/h5-9,12-13,16H,1-4H2. The van der Waals surface area contributed by atoms with Gasteiger partial charge in [0.1, 0.15) is 5.82 Å². The second-order valence-electron chi connectivity index (χ2n) is 5.22. The summed E-state index contributed by atoms with van der Waals surface area (Å²) in [7, 11) is 0. The van der Waals surface area contributed by atoms with Crippen molar-refractivity contribution in [2.24, 2.45) is 17.8 Å². The third kappa shape index (κ3) is 1.63. The Bertz CT molecular complexity index is 395. The van der Waals surface area contributed by atoms with Crippen LogP contribution in [0.25, 0.3) is 0 Å². The van der Waals surface area contributed by atoms with Crippen LogP contribution in [0.3, 0.4) is 0 Å². The van der Waals surface area contributed by atoms with E-state index in [1.54, 1.807) is 6.20 Å². The van der Waals surface area contributed by atoms with E-state index in [1.807, 2.05) is 0 Å². The van der Waals surface area contributed by atoms with Gasteiger partial charge in [-0.3, -0.25) is 4.98 Å². The monoisotopic (exact) mass is 221 g/mol. The Morgan fingerprint density at radius 2 is 2.19 bits per heavy atom. The van der Waals surface area contributed by atoms with Gasteiger partial charge in [0.25, 0.3) is 0 Å². The number of aliphatic hydroxyl groups is 1. The maximum absolute atomic E-state index is 13.0. The molecule has 0 aliphatic heterocycles. The molecule has 0 saturated heterocycles. The van der Waals surface area contributed by atoms with Crippen molar-refractivity contribution in [1.29, 1.82) is 0 Å². The normalized spacial score (nSPS) is 34.2. The summed E-state index contributed by atoms with van der Waals surface area (Å²) in [6, 6.07) is 1.41. The Kier molecular flexibility index (Phi) is 2.43. The molecule has 1 heterocycles. The number of aliphatic hydroxyl groups excluding tert-OH is 1. The maximum Gasteiger partial charge on any atom is 0.141 e. The van der Waals surface area contributed by atoms with Crippen LogP contribution in [-0.4, -0.2) is 10.1 Å². The smallest absolute Gasteiger partial charge is 0.141 e. The number of rotatable bonds is 2. The first kappa shape index (κ1) is 10.2. The van der Waals surface area contributed by atoms with E-state index in [-0.39, 0.29) is 5.82 Å². The number of aromatic nitrogens is 1. The lowest BCUT2D eigenvalue weighted by Crippen LogP contribution is -2.19. The summed E-state index contributed by atoms with van der Waals surface area (Å²) in [5.74, 6) is 1.40. The molecule has 4 unspecified atom stereocenters. The molecule has 0 spiro atoms. The molecule has 0 radical (unpaired) electrons. The predicted molar refractivity (Wildman–Crippen MR) is 58.1 cm³/mol. The van der Waals surface area contributed by atoms with E-state index in [1.165, 1.54) is 31.5 Å². The summed E-state index contributed by atoms with van der Waals surface area (Å²) in [4.78, 5) is 3.80. The van der Waals surface area contributed by atoms with Gasteiger partial charge in [0.05, 0.1) is 12.3 Å². The Morgan fingerprint density at radius 1 is 1.31 bits per heavy atom. The summed E-state index contributed by atoms with van der Waals surface area (Å²) in [6.45, 7) is 0. The summed E-state index contributed by atoms with van der Waals surface area (Å²) in [6.07, 6.45) is 7.13. The molecule has 3 heteroatoms. The van der Waals surface area contributed by atoms with Crippen LogP contribution in [-0.2, 0) is 0 Å². The number of hydrogen-bond donors (Lipinski definition) is 1. The van der Waals surface area contributed by atoms with Crippen LogP contribution in [0.15, 0.2) is 18.5 Å². The van der Waals surface area contributed by atoms with E-state index in [0.717, 1.165) is 12.3 Å². The number of nitrogens with zero attached hydrogens (tertiary/aromatic N) is 1. The van der Waals surface area contributed by atoms with Gasteiger partial charge in [0.15, 0.2) is 0 Å². The van der Waals surface area contributed by atoms with Crippen LogP contribution in [0, 0.1) is 23.6 Å². The molecule has 1 N–H and O–H groups in total. The zero-order valence-corrected chi connectivity index (χ0v) is 9.14. The lowest BCUT2D eigenvalue weighted by atomic mass is 9.82. The van der Waals surface area contributed by atoms with Crippen LogP contribution in [0.4, 0.5) is 4.39 Å². The maximum atomic E-state index is 13.0. The molecule has 2 aliphatic rings. The molecule has 86 valence electrons. The average Bonchev–Trinajstić information content (AvgIpc) is 2.89. The molecular weight excluding hydrogens is 205 g/mol. The van der Waals surface area contributed by atoms with Crippen LogP contribution in [0.1, 0.15) is 37.4 Å². The Hall–Kier alpha value is -0.960. The van der Waals surface area contributed by atoms with Gasteiger partial charge in [-0.25, -0.2) is 4.39 Å². The van der Waals surface area contributed by atoms with E-state index >= 15 is 0 Å². The molecule has 0 aromatic carbocycles. The first-order valence-electron chi connectivity index (χ1n) is 6.02. The van der Waals surface area contributed by atoms with Gasteiger partial charge in [-0.2, -0.15) is 0 Å². The summed E-state index contributed by atoms with van der Waals surface area (Å²) in [5.41, 5.74) is 0.637. The topological polar surface area (TPSA) is 33.1 Å². The van der Waals surface area contributed by atoms with Crippen LogP contribution < -0.4 is 0 Å². The van der Waals surface area contributed by atoms with Crippen LogP contribution in [0.5, 0.6) is 0 Å². The zero-order chi connectivity index (χ0) is 11.1. The molecule has 1 aromatic heterocycles. The molecule has 2 nitrogen and oxygen atoms in total. The fourth-order valence-electron chi connectivity index (χ4n) is 3.52. The predicted octanol–water partition coefficient (Wildman–Crippen LogP) is 2.69.